The van der Waals surface area contributed by atoms with E-state index >= 15 is 0 Å². The van der Waals surface area contributed by atoms with Crippen molar-refractivity contribution in [3.63, 3.8) is 0 Å². The molecule has 3 N–H and O–H groups in total. The fourth-order valence-electron chi connectivity index (χ4n) is 2.42. The number of nitrogens with two attached hydrogens (primary N) is 1. The zero-order valence-electron chi connectivity index (χ0n) is 11.3. The van der Waals surface area contributed by atoms with Crippen LogP contribution in [0.15, 0.2) is 18.2 Å². The van der Waals surface area contributed by atoms with Crippen LogP contribution in [0.3, 0.4) is 0 Å². The van der Waals surface area contributed by atoms with E-state index in [1.54, 1.807) is 6.07 Å². The van der Waals surface area contributed by atoms with E-state index in [1.165, 1.54) is 6.07 Å². The number of nitrogens with zero attached hydrogens (tertiary/aromatic N) is 1. The van der Waals surface area contributed by atoms with Gasteiger partial charge >= 0.3 is 0 Å². The van der Waals surface area contributed by atoms with Gasteiger partial charge in [-0.1, -0.05) is 6.07 Å². The average molecular weight is 268 g/mol. The van der Waals surface area contributed by atoms with E-state index in [9.17, 15) is 9.50 Å². The van der Waals surface area contributed by atoms with Crippen molar-refractivity contribution in [3.8, 4) is 5.75 Å². The summed E-state index contributed by atoms with van der Waals surface area (Å²) in [6, 6.07) is 4.18. The molecule has 5 heteroatoms. The van der Waals surface area contributed by atoms with Crippen LogP contribution < -0.4 is 5.73 Å². The first kappa shape index (κ1) is 14.2. The van der Waals surface area contributed by atoms with Gasteiger partial charge in [0.15, 0.2) is 0 Å². The van der Waals surface area contributed by atoms with Crippen LogP contribution in [-0.4, -0.2) is 41.8 Å². The molecule has 3 atom stereocenters. The Hall–Kier alpha value is -1.17. The average Bonchev–Trinajstić information content (AvgIpc) is 2.38. The Morgan fingerprint density at radius 2 is 2.21 bits per heavy atom. The molecule has 0 spiro atoms. The lowest BCUT2D eigenvalue weighted by molar-refractivity contribution is -0.0502. The lowest BCUT2D eigenvalue weighted by atomic mass is 10.0. The molecular formula is C14H21FN2O2. The summed E-state index contributed by atoms with van der Waals surface area (Å²) in [6.45, 7) is 5.93. The molecule has 3 unspecified atom stereocenters. The standard InChI is InChI=1S/C14H21FN2O2/c1-9(16)14-8-17(5-6-19-14)10(2)12-4-3-11(18)7-13(12)15/h3-4,7,9-10,14,18H,5-6,8,16H2,1-2H3. The van der Waals surface area contributed by atoms with Crippen LogP contribution >= 0.6 is 0 Å². The highest BCUT2D eigenvalue weighted by Gasteiger charge is 2.28. The summed E-state index contributed by atoms with van der Waals surface area (Å²) in [5.41, 5.74) is 6.45. The van der Waals surface area contributed by atoms with Gasteiger partial charge in [0.2, 0.25) is 0 Å². The Balaban J connectivity index is 2.12. The summed E-state index contributed by atoms with van der Waals surface area (Å²) in [4.78, 5) is 2.16. The van der Waals surface area contributed by atoms with E-state index in [4.69, 9.17) is 10.5 Å². The summed E-state index contributed by atoms with van der Waals surface area (Å²) in [7, 11) is 0. The molecule has 1 aliphatic heterocycles. The number of rotatable bonds is 3. The fourth-order valence-corrected chi connectivity index (χ4v) is 2.42. The molecule has 106 valence electrons. The minimum atomic E-state index is -0.378. The molecular weight excluding hydrogens is 247 g/mol. The van der Waals surface area contributed by atoms with E-state index in [-0.39, 0.29) is 29.8 Å². The minimum Gasteiger partial charge on any atom is -0.508 e. The van der Waals surface area contributed by atoms with Crippen LogP contribution in [0.1, 0.15) is 25.5 Å². The third kappa shape index (κ3) is 3.23. The molecule has 0 amide bonds. The maximum Gasteiger partial charge on any atom is 0.131 e. The maximum atomic E-state index is 13.9. The molecule has 1 saturated heterocycles. The number of benzene rings is 1. The molecule has 1 fully saturated rings. The maximum absolute atomic E-state index is 13.9. The first-order valence-corrected chi connectivity index (χ1v) is 6.58. The molecule has 1 heterocycles. The fraction of sp³-hybridized carbons (Fsp3) is 0.571. The van der Waals surface area contributed by atoms with Crippen molar-refractivity contribution in [1.82, 2.24) is 4.90 Å². The van der Waals surface area contributed by atoms with Gasteiger partial charge < -0.3 is 15.6 Å². The van der Waals surface area contributed by atoms with Gasteiger partial charge in [-0.2, -0.15) is 0 Å². The molecule has 1 aromatic rings. The van der Waals surface area contributed by atoms with Gasteiger partial charge in [-0.25, -0.2) is 4.39 Å². The van der Waals surface area contributed by atoms with E-state index in [0.29, 0.717) is 18.7 Å². The van der Waals surface area contributed by atoms with E-state index in [1.807, 2.05) is 13.8 Å². The lowest BCUT2D eigenvalue weighted by Gasteiger charge is -2.38. The van der Waals surface area contributed by atoms with Crippen molar-refractivity contribution in [2.24, 2.45) is 5.73 Å². The molecule has 0 radical (unpaired) electrons. The number of morpholine rings is 1. The van der Waals surface area contributed by atoms with E-state index < -0.39 is 0 Å². The van der Waals surface area contributed by atoms with Crippen LogP contribution in [-0.2, 0) is 4.74 Å². The van der Waals surface area contributed by atoms with Crippen molar-refractivity contribution in [2.75, 3.05) is 19.7 Å². The first-order chi connectivity index (χ1) is 8.99. The summed E-state index contributed by atoms with van der Waals surface area (Å²) < 4.78 is 19.5. The summed E-state index contributed by atoms with van der Waals surface area (Å²) in [5, 5.41) is 9.25. The second-order valence-corrected chi connectivity index (χ2v) is 5.15. The lowest BCUT2D eigenvalue weighted by Crippen LogP contribution is -2.50. The summed E-state index contributed by atoms with van der Waals surface area (Å²) in [5.74, 6) is -0.430. The van der Waals surface area contributed by atoms with Gasteiger partial charge in [-0.15, -0.1) is 0 Å². The first-order valence-electron chi connectivity index (χ1n) is 6.58. The molecule has 2 rings (SSSR count). The van der Waals surface area contributed by atoms with Crippen molar-refractivity contribution in [3.05, 3.63) is 29.6 Å². The quantitative estimate of drug-likeness (QED) is 0.875. The van der Waals surface area contributed by atoms with Crippen LogP contribution in [0.25, 0.3) is 0 Å². The Morgan fingerprint density at radius 1 is 1.47 bits per heavy atom. The van der Waals surface area contributed by atoms with Gasteiger partial charge in [0.1, 0.15) is 11.6 Å². The molecule has 1 aliphatic rings. The SMILES string of the molecule is CC(N)C1CN(C(C)c2ccc(O)cc2F)CCO1. The van der Waals surface area contributed by atoms with Crippen molar-refractivity contribution in [1.29, 1.82) is 0 Å². The summed E-state index contributed by atoms with van der Waals surface area (Å²) in [6.07, 6.45) is -0.0172. The van der Waals surface area contributed by atoms with Crippen LogP contribution in [0.4, 0.5) is 4.39 Å². The Labute approximate surface area is 113 Å². The van der Waals surface area contributed by atoms with Crippen LogP contribution in [0.2, 0.25) is 0 Å². The summed E-state index contributed by atoms with van der Waals surface area (Å²) >= 11 is 0. The van der Waals surface area contributed by atoms with Crippen molar-refractivity contribution < 1.29 is 14.2 Å². The van der Waals surface area contributed by atoms with E-state index in [2.05, 4.69) is 4.90 Å². The molecule has 0 aliphatic carbocycles. The second-order valence-electron chi connectivity index (χ2n) is 5.15. The zero-order chi connectivity index (χ0) is 14.0. The van der Waals surface area contributed by atoms with Gasteiger partial charge in [0.05, 0.1) is 12.7 Å². The molecule has 1 aromatic carbocycles. The number of phenolic OH excluding ortho intramolecular Hbond substituents is 1. The minimum absolute atomic E-state index is 0.0172. The van der Waals surface area contributed by atoms with Gasteiger partial charge in [-0.05, 0) is 19.9 Å². The largest absolute Gasteiger partial charge is 0.508 e. The number of halogens is 1. The number of hydrogen-bond donors (Lipinski definition) is 2. The third-order valence-electron chi connectivity index (χ3n) is 3.69. The number of ether oxygens (including phenoxy) is 1. The number of aromatic hydroxyl groups is 1. The van der Waals surface area contributed by atoms with Gasteiger partial charge in [0, 0.05) is 36.8 Å². The highest BCUT2D eigenvalue weighted by Crippen LogP contribution is 2.27. The molecule has 4 nitrogen and oxygen atoms in total. The number of hydrogen-bond acceptors (Lipinski definition) is 4. The van der Waals surface area contributed by atoms with Gasteiger partial charge in [0.25, 0.3) is 0 Å². The molecule has 0 saturated carbocycles. The Bertz CT molecular complexity index is 439. The predicted octanol–water partition coefficient (Wildman–Crippen LogP) is 1.64. The predicted molar refractivity (Wildman–Crippen MR) is 71.4 cm³/mol. The number of phenols is 1. The topological polar surface area (TPSA) is 58.7 Å². The van der Waals surface area contributed by atoms with Crippen LogP contribution in [0.5, 0.6) is 5.75 Å². The monoisotopic (exact) mass is 268 g/mol. The Kier molecular flexibility index (Phi) is 4.39. The van der Waals surface area contributed by atoms with Crippen molar-refractivity contribution >= 4 is 0 Å². The highest BCUT2D eigenvalue weighted by molar-refractivity contribution is 5.29. The van der Waals surface area contributed by atoms with Gasteiger partial charge in [-0.3, -0.25) is 4.90 Å². The second kappa shape index (κ2) is 5.86. The smallest absolute Gasteiger partial charge is 0.131 e. The molecule has 0 bridgehead atoms. The van der Waals surface area contributed by atoms with Crippen molar-refractivity contribution in [2.45, 2.75) is 32.0 Å². The Morgan fingerprint density at radius 3 is 2.84 bits per heavy atom. The zero-order valence-corrected chi connectivity index (χ0v) is 11.3. The normalized spacial score (nSPS) is 24.1. The molecule has 19 heavy (non-hydrogen) atoms. The highest BCUT2D eigenvalue weighted by atomic mass is 19.1. The van der Waals surface area contributed by atoms with E-state index in [0.717, 1.165) is 12.6 Å². The third-order valence-corrected chi connectivity index (χ3v) is 3.69. The van der Waals surface area contributed by atoms with Crippen LogP contribution in [0, 0.1) is 5.82 Å². The molecule has 0 aromatic heterocycles.